The van der Waals surface area contributed by atoms with Crippen molar-refractivity contribution in [2.24, 2.45) is 0 Å². The second-order valence-electron chi connectivity index (χ2n) is 2.45. The molecule has 0 heterocycles. The zero-order valence-corrected chi connectivity index (χ0v) is 11.5. The predicted octanol–water partition coefficient (Wildman–Crippen LogP) is 3.15. The molecule has 78 valence electrons. The van der Waals surface area contributed by atoms with E-state index in [1.165, 1.54) is 0 Å². The van der Waals surface area contributed by atoms with Gasteiger partial charge in [0.25, 0.3) is 0 Å². The molecule has 0 fully saturated rings. The van der Waals surface area contributed by atoms with E-state index in [0.29, 0.717) is 10.2 Å². The van der Waals surface area contributed by atoms with Gasteiger partial charge in [0, 0.05) is 8.95 Å². The third-order valence-corrected chi connectivity index (χ3v) is 4.20. The minimum Gasteiger partial charge on any atom is -0.281 e. The molecule has 0 atom stereocenters. The van der Waals surface area contributed by atoms with Crippen LogP contribution in [0.5, 0.6) is 0 Å². The molecule has 0 aliphatic heterocycles. The Balaban J connectivity index is 3.03. The number of nitrogens with one attached hydrogen (secondary N) is 1. The van der Waals surface area contributed by atoms with Crippen molar-refractivity contribution in [2.45, 2.75) is 0 Å². The van der Waals surface area contributed by atoms with E-state index in [0.717, 1.165) is 4.47 Å². The molecule has 0 bridgehead atoms. The van der Waals surface area contributed by atoms with E-state index in [1.807, 2.05) is 0 Å². The Kier molecular flexibility index (Phi) is 4.24. The maximum atomic E-state index is 11.2. The van der Waals surface area contributed by atoms with Crippen molar-refractivity contribution >= 4 is 59.2 Å². The first-order chi connectivity index (χ1) is 6.44. The predicted molar refractivity (Wildman–Crippen MR) is 65.1 cm³/mol. The van der Waals surface area contributed by atoms with Gasteiger partial charge in [-0.3, -0.25) is 4.72 Å². The van der Waals surface area contributed by atoms with Crippen LogP contribution >= 0.6 is 43.5 Å². The van der Waals surface area contributed by atoms with Gasteiger partial charge >= 0.3 is 0 Å². The summed E-state index contributed by atoms with van der Waals surface area (Å²) in [6.07, 6.45) is 0. The molecule has 0 radical (unpaired) electrons. The number of sulfonamides is 1. The van der Waals surface area contributed by atoms with Crippen molar-refractivity contribution in [1.29, 1.82) is 0 Å². The van der Waals surface area contributed by atoms with Crippen LogP contribution < -0.4 is 4.72 Å². The normalized spacial score (nSPS) is 11.4. The van der Waals surface area contributed by atoms with Crippen molar-refractivity contribution in [3.63, 3.8) is 0 Å². The summed E-state index contributed by atoms with van der Waals surface area (Å²) >= 11 is 11.7. The van der Waals surface area contributed by atoms with Crippen LogP contribution in [0.2, 0.25) is 0 Å². The summed E-state index contributed by atoms with van der Waals surface area (Å²) in [6, 6.07) is 5.17. The van der Waals surface area contributed by atoms with Gasteiger partial charge in [0.15, 0.2) is 0 Å². The van der Waals surface area contributed by atoms with Crippen LogP contribution in [0.4, 0.5) is 5.69 Å². The molecule has 0 aliphatic rings. The summed E-state index contributed by atoms with van der Waals surface area (Å²) < 4.78 is 26.1. The zero-order chi connectivity index (χ0) is 10.8. The fourth-order valence-corrected chi connectivity index (χ4v) is 2.33. The van der Waals surface area contributed by atoms with Crippen molar-refractivity contribution in [3.05, 3.63) is 27.1 Å². The smallest absolute Gasteiger partial charge is 0.246 e. The van der Waals surface area contributed by atoms with Crippen LogP contribution in [0.3, 0.4) is 0 Å². The van der Waals surface area contributed by atoms with Gasteiger partial charge in [-0.1, -0.05) is 15.9 Å². The fraction of sp³-hybridized carbons (Fsp3) is 0.143. The summed E-state index contributed by atoms with van der Waals surface area (Å²) in [7, 11) is -3.45. The molecule has 1 aromatic carbocycles. The van der Waals surface area contributed by atoms with E-state index < -0.39 is 15.2 Å². The van der Waals surface area contributed by atoms with E-state index >= 15 is 0 Å². The van der Waals surface area contributed by atoms with E-state index in [1.54, 1.807) is 18.2 Å². The van der Waals surface area contributed by atoms with Crippen molar-refractivity contribution < 1.29 is 8.42 Å². The number of alkyl halides is 1. The number of hydrogen-bond donors (Lipinski definition) is 1. The lowest BCUT2D eigenvalue weighted by Crippen LogP contribution is -2.13. The van der Waals surface area contributed by atoms with E-state index in [9.17, 15) is 8.42 Å². The first-order valence-corrected chi connectivity index (χ1v) is 7.23. The quantitative estimate of drug-likeness (QED) is 0.839. The highest BCUT2D eigenvalue weighted by molar-refractivity contribution is 9.11. The lowest BCUT2D eigenvalue weighted by Gasteiger charge is -2.07. The zero-order valence-electron chi connectivity index (χ0n) is 6.80. The van der Waals surface area contributed by atoms with E-state index in [4.69, 9.17) is 11.6 Å². The summed E-state index contributed by atoms with van der Waals surface area (Å²) in [5, 5.41) is -0.466. The van der Waals surface area contributed by atoms with Crippen molar-refractivity contribution in [2.75, 3.05) is 9.93 Å². The van der Waals surface area contributed by atoms with Crippen LogP contribution in [-0.4, -0.2) is 13.6 Å². The van der Waals surface area contributed by atoms with Crippen LogP contribution in [0.25, 0.3) is 0 Å². The number of halogens is 3. The second kappa shape index (κ2) is 4.83. The maximum absolute atomic E-state index is 11.2. The number of rotatable bonds is 3. The average molecular weight is 363 g/mol. The molecule has 0 saturated carbocycles. The number of benzene rings is 1. The van der Waals surface area contributed by atoms with Gasteiger partial charge in [-0.2, -0.15) is 0 Å². The molecular weight excluding hydrogens is 357 g/mol. The van der Waals surface area contributed by atoms with Crippen LogP contribution in [-0.2, 0) is 10.0 Å². The first-order valence-electron chi connectivity index (χ1n) is 3.46. The molecule has 0 aromatic heterocycles. The SMILES string of the molecule is O=S(=O)(CCl)Nc1cc(Br)ccc1Br. The Bertz CT molecular complexity index is 435. The first kappa shape index (κ1) is 12.3. The van der Waals surface area contributed by atoms with Crippen LogP contribution in [0.1, 0.15) is 0 Å². The monoisotopic (exact) mass is 361 g/mol. The molecule has 0 spiro atoms. The molecular formula is C7H6Br2ClNO2S. The third-order valence-electron chi connectivity index (χ3n) is 1.34. The Hall–Kier alpha value is 0.220. The molecule has 0 aliphatic carbocycles. The molecule has 3 nitrogen and oxygen atoms in total. The van der Waals surface area contributed by atoms with Gasteiger partial charge in [0.2, 0.25) is 10.0 Å². The molecule has 1 N–H and O–H groups in total. The highest BCUT2D eigenvalue weighted by Crippen LogP contribution is 2.27. The minimum absolute atomic E-state index is 0.458. The van der Waals surface area contributed by atoms with Gasteiger partial charge in [-0.25, -0.2) is 8.42 Å². The van der Waals surface area contributed by atoms with Gasteiger partial charge in [0.1, 0.15) is 5.21 Å². The van der Waals surface area contributed by atoms with E-state index in [-0.39, 0.29) is 0 Å². The van der Waals surface area contributed by atoms with Gasteiger partial charge in [-0.15, -0.1) is 11.6 Å². The van der Waals surface area contributed by atoms with Crippen LogP contribution in [0.15, 0.2) is 27.1 Å². The van der Waals surface area contributed by atoms with Gasteiger partial charge in [-0.05, 0) is 34.1 Å². The molecule has 14 heavy (non-hydrogen) atoms. The van der Waals surface area contributed by atoms with Gasteiger partial charge < -0.3 is 0 Å². The lowest BCUT2D eigenvalue weighted by atomic mass is 10.3. The Morgan fingerprint density at radius 3 is 2.57 bits per heavy atom. The van der Waals surface area contributed by atoms with Crippen LogP contribution in [0, 0.1) is 0 Å². The lowest BCUT2D eigenvalue weighted by molar-refractivity contribution is 0.605. The molecule has 1 rings (SSSR count). The Morgan fingerprint density at radius 1 is 1.36 bits per heavy atom. The Labute approximate surface area is 104 Å². The molecule has 0 saturated heterocycles. The summed E-state index contributed by atoms with van der Waals surface area (Å²) in [4.78, 5) is 0. The number of anilines is 1. The minimum atomic E-state index is -3.45. The topological polar surface area (TPSA) is 46.2 Å². The summed E-state index contributed by atoms with van der Waals surface area (Å²) in [6.45, 7) is 0. The van der Waals surface area contributed by atoms with E-state index in [2.05, 4.69) is 36.6 Å². The van der Waals surface area contributed by atoms with Crippen molar-refractivity contribution in [1.82, 2.24) is 0 Å². The highest BCUT2D eigenvalue weighted by atomic mass is 79.9. The van der Waals surface area contributed by atoms with Gasteiger partial charge in [0.05, 0.1) is 5.69 Å². The summed E-state index contributed by atoms with van der Waals surface area (Å²) in [5.41, 5.74) is 0.458. The second-order valence-corrected chi connectivity index (χ2v) is 6.53. The highest BCUT2D eigenvalue weighted by Gasteiger charge is 2.10. The molecule has 1 aromatic rings. The average Bonchev–Trinajstić information content (AvgIpc) is 2.11. The molecule has 0 unspecified atom stereocenters. The maximum Gasteiger partial charge on any atom is 0.246 e. The number of hydrogen-bond acceptors (Lipinski definition) is 2. The summed E-state index contributed by atoms with van der Waals surface area (Å²) in [5.74, 6) is 0. The Morgan fingerprint density at radius 2 is 2.00 bits per heavy atom. The fourth-order valence-electron chi connectivity index (χ4n) is 0.771. The van der Waals surface area contributed by atoms with Crippen molar-refractivity contribution in [3.8, 4) is 0 Å². The molecule has 0 amide bonds. The molecule has 7 heteroatoms. The third kappa shape index (κ3) is 3.42. The standard InChI is InChI=1S/C7H6Br2ClNO2S/c8-5-1-2-6(9)7(3-5)11-14(12,13)4-10/h1-3,11H,4H2. The largest absolute Gasteiger partial charge is 0.281 e.